The van der Waals surface area contributed by atoms with Crippen molar-refractivity contribution in [1.82, 2.24) is 19.7 Å². The zero-order chi connectivity index (χ0) is 16.8. The zero-order valence-electron chi connectivity index (χ0n) is 13.2. The molecular formula is C15H18F3N5. The lowest BCUT2D eigenvalue weighted by Crippen LogP contribution is -2.26. The number of nitrogens with zero attached hydrogens (tertiary/aromatic N) is 5. The van der Waals surface area contributed by atoms with E-state index in [1.165, 1.54) is 6.20 Å². The molecule has 0 radical (unpaired) electrons. The highest BCUT2D eigenvalue weighted by Gasteiger charge is 2.36. The fourth-order valence-electron chi connectivity index (χ4n) is 3.22. The average molecular weight is 325 g/mol. The van der Waals surface area contributed by atoms with Crippen LogP contribution in [0.4, 0.5) is 19.1 Å². The minimum atomic E-state index is -4.47. The van der Waals surface area contributed by atoms with Crippen molar-refractivity contribution in [3.8, 4) is 0 Å². The minimum absolute atomic E-state index is 0.0350. The largest absolute Gasteiger partial charge is 0.433 e. The fraction of sp³-hybridized carbons (Fsp3) is 0.533. The predicted molar refractivity (Wildman–Crippen MR) is 79.0 cm³/mol. The molecule has 1 fully saturated rings. The smallest absolute Gasteiger partial charge is 0.334 e. The van der Waals surface area contributed by atoms with Crippen molar-refractivity contribution in [2.75, 3.05) is 11.4 Å². The zero-order valence-corrected chi connectivity index (χ0v) is 13.2. The highest BCUT2D eigenvalue weighted by Crippen LogP contribution is 2.38. The lowest BCUT2D eigenvalue weighted by Gasteiger charge is -2.25. The molecule has 0 saturated carbocycles. The summed E-state index contributed by atoms with van der Waals surface area (Å²) in [5, 5.41) is 4.41. The minimum Gasteiger partial charge on any atom is -0.334 e. The first-order chi connectivity index (χ1) is 10.8. The van der Waals surface area contributed by atoms with Crippen LogP contribution in [0.5, 0.6) is 0 Å². The molecule has 0 N–H and O–H groups in total. The van der Waals surface area contributed by atoms with Crippen LogP contribution in [0.2, 0.25) is 0 Å². The van der Waals surface area contributed by atoms with Crippen molar-refractivity contribution >= 4 is 5.95 Å². The van der Waals surface area contributed by atoms with Gasteiger partial charge < -0.3 is 4.90 Å². The van der Waals surface area contributed by atoms with Gasteiger partial charge in [0, 0.05) is 31.0 Å². The summed E-state index contributed by atoms with van der Waals surface area (Å²) in [6.45, 7) is 4.53. The summed E-state index contributed by atoms with van der Waals surface area (Å²) in [6.07, 6.45) is -1.55. The Balaban J connectivity index is 1.99. The summed E-state index contributed by atoms with van der Waals surface area (Å²) < 4.78 is 40.5. The van der Waals surface area contributed by atoms with Crippen LogP contribution in [-0.4, -0.2) is 26.3 Å². The Bertz CT molecular complexity index is 722. The van der Waals surface area contributed by atoms with Crippen LogP contribution in [0.15, 0.2) is 12.3 Å². The van der Waals surface area contributed by atoms with Gasteiger partial charge in [0.15, 0.2) is 0 Å². The van der Waals surface area contributed by atoms with Gasteiger partial charge in [-0.1, -0.05) is 0 Å². The predicted octanol–water partition coefficient (Wildman–Crippen LogP) is 3.19. The van der Waals surface area contributed by atoms with Crippen molar-refractivity contribution in [3.05, 3.63) is 34.9 Å². The quantitative estimate of drug-likeness (QED) is 0.851. The van der Waals surface area contributed by atoms with E-state index in [1.54, 1.807) is 4.68 Å². The summed E-state index contributed by atoms with van der Waals surface area (Å²) in [4.78, 5) is 9.65. The molecule has 3 heterocycles. The van der Waals surface area contributed by atoms with E-state index in [0.29, 0.717) is 6.54 Å². The molecule has 0 amide bonds. The van der Waals surface area contributed by atoms with Crippen LogP contribution in [-0.2, 0) is 13.2 Å². The average Bonchev–Trinajstić information content (AvgIpc) is 3.04. The second kappa shape index (κ2) is 5.50. The molecule has 0 unspecified atom stereocenters. The third kappa shape index (κ3) is 2.77. The molecule has 2 aromatic rings. The number of anilines is 1. The van der Waals surface area contributed by atoms with E-state index < -0.39 is 11.9 Å². The number of hydrogen-bond donors (Lipinski definition) is 0. The lowest BCUT2D eigenvalue weighted by atomic mass is 10.0. The summed E-state index contributed by atoms with van der Waals surface area (Å²) in [5.74, 6) is 0.130. The van der Waals surface area contributed by atoms with Gasteiger partial charge in [-0.15, -0.1) is 0 Å². The molecule has 5 nitrogen and oxygen atoms in total. The second-order valence-corrected chi connectivity index (χ2v) is 5.80. The molecule has 0 spiro atoms. The van der Waals surface area contributed by atoms with Gasteiger partial charge in [0.2, 0.25) is 5.95 Å². The third-order valence-corrected chi connectivity index (χ3v) is 4.34. The van der Waals surface area contributed by atoms with Gasteiger partial charge in [0.05, 0.1) is 11.7 Å². The van der Waals surface area contributed by atoms with Crippen LogP contribution in [0.1, 0.15) is 41.5 Å². The van der Waals surface area contributed by atoms with Crippen LogP contribution in [0.3, 0.4) is 0 Å². The van der Waals surface area contributed by atoms with E-state index in [9.17, 15) is 13.2 Å². The van der Waals surface area contributed by atoms with Gasteiger partial charge >= 0.3 is 6.18 Å². The van der Waals surface area contributed by atoms with Gasteiger partial charge in [0.1, 0.15) is 5.69 Å². The number of aromatic nitrogens is 4. The molecule has 1 saturated heterocycles. The molecule has 2 aromatic heterocycles. The molecule has 1 aliphatic rings. The monoisotopic (exact) mass is 325 g/mol. The molecule has 8 heteroatoms. The van der Waals surface area contributed by atoms with Gasteiger partial charge in [0.25, 0.3) is 0 Å². The number of halogens is 3. The first-order valence-corrected chi connectivity index (χ1v) is 7.46. The summed E-state index contributed by atoms with van der Waals surface area (Å²) in [5.41, 5.74) is 2.07. The molecule has 0 aromatic carbocycles. The Labute approximate surface area is 132 Å². The van der Waals surface area contributed by atoms with Crippen molar-refractivity contribution in [2.24, 2.45) is 7.05 Å². The van der Waals surface area contributed by atoms with Gasteiger partial charge in [-0.3, -0.25) is 4.68 Å². The van der Waals surface area contributed by atoms with Crippen molar-refractivity contribution in [2.45, 2.75) is 38.9 Å². The maximum atomic E-state index is 12.9. The molecule has 1 aliphatic heterocycles. The van der Waals surface area contributed by atoms with Crippen molar-refractivity contribution in [3.63, 3.8) is 0 Å². The fourth-order valence-corrected chi connectivity index (χ4v) is 3.22. The highest BCUT2D eigenvalue weighted by molar-refractivity contribution is 5.42. The number of hydrogen-bond acceptors (Lipinski definition) is 4. The number of alkyl halides is 3. The molecule has 0 aliphatic carbocycles. The molecule has 3 rings (SSSR count). The molecule has 1 atom stereocenters. The first-order valence-electron chi connectivity index (χ1n) is 7.46. The maximum Gasteiger partial charge on any atom is 0.433 e. The van der Waals surface area contributed by atoms with E-state index in [2.05, 4.69) is 15.1 Å². The van der Waals surface area contributed by atoms with E-state index in [-0.39, 0.29) is 12.0 Å². The van der Waals surface area contributed by atoms with Gasteiger partial charge in [-0.2, -0.15) is 18.3 Å². The SMILES string of the molecule is Cc1nn(C)c(C)c1[C@H]1CCCN1c1nccc(C(F)(F)F)n1. The van der Waals surface area contributed by atoms with Gasteiger partial charge in [-0.25, -0.2) is 9.97 Å². The molecule has 23 heavy (non-hydrogen) atoms. The summed E-state index contributed by atoms with van der Waals surface area (Å²) in [7, 11) is 1.87. The van der Waals surface area contributed by atoms with Crippen molar-refractivity contribution in [1.29, 1.82) is 0 Å². The highest BCUT2D eigenvalue weighted by atomic mass is 19.4. The normalized spacial score (nSPS) is 18.7. The maximum absolute atomic E-state index is 12.9. The molecular weight excluding hydrogens is 307 g/mol. The second-order valence-electron chi connectivity index (χ2n) is 5.80. The van der Waals surface area contributed by atoms with E-state index in [4.69, 9.17) is 0 Å². The van der Waals surface area contributed by atoms with Crippen LogP contribution >= 0.6 is 0 Å². The van der Waals surface area contributed by atoms with E-state index >= 15 is 0 Å². The standard InChI is InChI=1S/C15H18F3N5/c1-9-13(10(2)22(3)21-9)11-5-4-8-23(11)14-19-7-6-12(20-14)15(16,17)18/h6-7,11H,4-5,8H2,1-3H3/t11-/m1/s1. The van der Waals surface area contributed by atoms with Crippen LogP contribution < -0.4 is 4.90 Å². The number of aryl methyl sites for hydroxylation is 2. The molecule has 124 valence electrons. The lowest BCUT2D eigenvalue weighted by molar-refractivity contribution is -0.141. The van der Waals surface area contributed by atoms with E-state index in [0.717, 1.165) is 35.9 Å². The third-order valence-electron chi connectivity index (χ3n) is 4.34. The number of rotatable bonds is 2. The van der Waals surface area contributed by atoms with Crippen molar-refractivity contribution < 1.29 is 13.2 Å². The Hall–Kier alpha value is -2.12. The Kier molecular flexibility index (Phi) is 3.77. The Morgan fingerprint density at radius 2 is 2.00 bits per heavy atom. The molecule has 0 bridgehead atoms. The van der Waals surface area contributed by atoms with Crippen LogP contribution in [0, 0.1) is 13.8 Å². The summed E-state index contributed by atoms with van der Waals surface area (Å²) in [6, 6.07) is 0.863. The van der Waals surface area contributed by atoms with E-state index in [1.807, 2.05) is 25.8 Å². The Morgan fingerprint density at radius 3 is 2.61 bits per heavy atom. The van der Waals surface area contributed by atoms with Gasteiger partial charge in [-0.05, 0) is 32.8 Å². The Morgan fingerprint density at radius 1 is 1.26 bits per heavy atom. The topological polar surface area (TPSA) is 46.8 Å². The summed E-state index contributed by atoms with van der Waals surface area (Å²) >= 11 is 0. The first kappa shape index (κ1) is 15.8. The van der Waals surface area contributed by atoms with Crippen LogP contribution in [0.25, 0.3) is 0 Å².